The average molecular weight is 349 g/mol. The lowest BCUT2D eigenvalue weighted by Crippen LogP contribution is -2.33. The van der Waals surface area contributed by atoms with E-state index in [-0.39, 0.29) is 12.4 Å². The first-order valence-corrected chi connectivity index (χ1v) is 7.33. The molecule has 0 atom stereocenters. The van der Waals surface area contributed by atoms with Crippen molar-refractivity contribution in [2.24, 2.45) is 0 Å². The van der Waals surface area contributed by atoms with Crippen molar-refractivity contribution in [3.63, 3.8) is 0 Å². The van der Waals surface area contributed by atoms with Crippen LogP contribution >= 0.6 is 28.1 Å². The van der Waals surface area contributed by atoms with Crippen molar-refractivity contribution in [2.45, 2.75) is 19.9 Å². The minimum atomic E-state index is -0.160. The van der Waals surface area contributed by atoms with Gasteiger partial charge < -0.3 is 15.7 Å². The van der Waals surface area contributed by atoms with Crippen LogP contribution in [0.4, 0.5) is 4.39 Å². The Bertz CT molecular complexity index is 443. The summed E-state index contributed by atoms with van der Waals surface area (Å²) in [6.07, 6.45) is 0.661. The van der Waals surface area contributed by atoms with Crippen molar-refractivity contribution < 1.29 is 9.50 Å². The van der Waals surface area contributed by atoms with E-state index in [1.807, 2.05) is 6.92 Å². The zero-order valence-electron chi connectivity index (χ0n) is 10.8. The van der Waals surface area contributed by atoms with Gasteiger partial charge in [0.25, 0.3) is 0 Å². The molecule has 6 heteroatoms. The molecule has 1 aromatic carbocycles. The first kappa shape index (κ1) is 16.5. The second-order valence-corrected chi connectivity index (χ2v) is 5.48. The third-order valence-corrected chi connectivity index (χ3v) is 3.35. The molecule has 0 fully saturated rings. The molecule has 0 aliphatic carbocycles. The highest BCUT2D eigenvalue weighted by Gasteiger charge is 2.08. The predicted molar refractivity (Wildman–Crippen MR) is 82.9 cm³/mol. The Labute approximate surface area is 126 Å². The van der Waals surface area contributed by atoms with Crippen molar-refractivity contribution in [1.82, 2.24) is 10.6 Å². The van der Waals surface area contributed by atoms with E-state index in [9.17, 15) is 4.39 Å². The smallest absolute Gasteiger partial charge is 0.130 e. The van der Waals surface area contributed by atoms with Crippen LogP contribution in [0.5, 0.6) is 0 Å². The largest absolute Gasteiger partial charge is 0.395 e. The number of aliphatic hydroxyl groups excluding tert-OH is 1. The summed E-state index contributed by atoms with van der Waals surface area (Å²) in [5.41, 5.74) is 1.32. The molecule has 1 rings (SSSR count). The zero-order chi connectivity index (χ0) is 14.3. The quantitative estimate of drug-likeness (QED) is 0.660. The maximum atomic E-state index is 14.0. The molecule has 0 unspecified atom stereocenters. The standard InChI is InChI=1S/C13H18BrFN2OS/c1-2-9-5-11(14)6-10(13(9)15)7-16-8-12(19)17-3-4-18/h5-6,16,18H,2-4,7-8H2,1H3,(H,17,19). The molecule has 0 spiro atoms. The van der Waals surface area contributed by atoms with E-state index in [4.69, 9.17) is 17.3 Å². The lowest BCUT2D eigenvalue weighted by atomic mass is 10.1. The summed E-state index contributed by atoms with van der Waals surface area (Å²) in [7, 11) is 0. The summed E-state index contributed by atoms with van der Waals surface area (Å²) < 4.78 is 14.9. The first-order valence-electron chi connectivity index (χ1n) is 6.13. The van der Waals surface area contributed by atoms with Crippen molar-refractivity contribution in [1.29, 1.82) is 0 Å². The SMILES string of the molecule is CCc1cc(Br)cc(CNCC(=S)NCCO)c1F. The number of hydrogen-bond acceptors (Lipinski definition) is 3. The number of aryl methyl sites for hydroxylation is 1. The molecule has 106 valence electrons. The van der Waals surface area contributed by atoms with E-state index < -0.39 is 0 Å². The summed E-state index contributed by atoms with van der Waals surface area (Å²) in [5.74, 6) is -0.160. The van der Waals surface area contributed by atoms with Gasteiger partial charge in [0.15, 0.2) is 0 Å². The number of halogens is 2. The third-order valence-electron chi connectivity index (χ3n) is 2.60. The van der Waals surface area contributed by atoms with Crippen LogP contribution in [0.2, 0.25) is 0 Å². The van der Waals surface area contributed by atoms with Gasteiger partial charge in [-0.2, -0.15) is 0 Å². The maximum Gasteiger partial charge on any atom is 0.130 e. The molecule has 0 radical (unpaired) electrons. The molecular weight excluding hydrogens is 331 g/mol. The van der Waals surface area contributed by atoms with Gasteiger partial charge in [0, 0.05) is 29.7 Å². The minimum Gasteiger partial charge on any atom is -0.395 e. The van der Waals surface area contributed by atoms with Gasteiger partial charge in [-0.15, -0.1) is 0 Å². The Morgan fingerprint density at radius 1 is 1.42 bits per heavy atom. The number of aliphatic hydroxyl groups is 1. The van der Waals surface area contributed by atoms with Crippen molar-refractivity contribution in [3.8, 4) is 0 Å². The number of rotatable bonds is 7. The zero-order valence-corrected chi connectivity index (χ0v) is 13.2. The summed E-state index contributed by atoms with van der Waals surface area (Å²) in [6.45, 7) is 3.28. The van der Waals surface area contributed by atoms with E-state index in [2.05, 4.69) is 26.6 Å². The van der Waals surface area contributed by atoms with Crippen molar-refractivity contribution in [3.05, 3.63) is 33.5 Å². The molecule has 0 aliphatic rings. The van der Waals surface area contributed by atoms with Gasteiger partial charge in [-0.05, 0) is 24.1 Å². The monoisotopic (exact) mass is 348 g/mol. The van der Waals surface area contributed by atoms with Gasteiger partial charge in [-0.3, -0.25) is 0 Å². The van der Waals surface area contributed by atoms with Gasteiger partial charge in [0.2, 0.25) is 0 Å². The highest BCUT2D eigenvalue weighted by Crippen LogP contribution is 2.20. The van der Waals surface area contributed by atoms with Gasteiger partial charge in [-0.1, -0.05) is 35.1 Å². The molecule has 0 aromatic heterocycles. The summed E-state index contributed by atoms with van der Waals surface area (Å²) in [5, 5.41) is 14.6. The molecule has 19 heavy (non-hydrogen) atoms. The molecule has 0 heterocycles. The Kier molecular flexibility index (Phi) is 7.45. The van der Waals surface area contributed by atoms with E-state index in [0.717, 1.165) is 4.47 Å². The highest BCUT2D eigenvalue weighted by molar-refractivity contribution is 9.10. The fourth-order valence-corrected chi connectivity index (χ4v) is 2.42. The summed E-state index contributed by atoms with van der Waals surface area (Å²) in [6, 6.07) is 3.57. The normalized spacial score (nSPS) is 10.5. The molecule has 0 amide bonds. The van der Waals surface area contributed by atoms with Crippen LogP contribution in [0.15, 0.2) is 16.6 Å². The number of hydrogen-bond donors (Lipinski definition) is 3. The molecule has 1 aromatic rings. The van der Waals surface area contributed by atoms with Crippen LogP contribution in [-0.4, -0.2) is 29.8 Å². The molecule has 3 N–H and O–H groups in total. The molecular formula is C13H18BrFN2OS. The Hall–Kier alpha value is -0.560. The Morgan fingerprint density at radius 2 is 2.11 bits per heavy atom. The predicted octanol–water partition coefficient (Wildman–Crippen LogP) is 2.15. The second kappa shape index (κ2) is 8.58. The van der Waals surface area contributed by atoms with Crippen LogP contribution in [0, 0.1) is 5.82 Å². The highest BCUT2D eigenvalue weighted by atomic mass is 79.9. The molecule has 0 saturated heterocycles. The number of thiocarbonyl (C=S) groups is 1. The molecule has 0 aliphatic heterocycles. The van der Waals surface area contributed by atoms with E-state index in [0.29, 0.717) is 42.2 Å². The van der Waals surface area contributed by atoms with Crippen LogP contribution in [0.3, 0.4) is 0 Å². The number of nitrogens with one attached hydrogen (secondary N) is 2. The summed E-state index contributed by atoms with van der Waals surface area (Å²) >= 11 is 8.44. The summed E-state index contributed by atoms with van der Waals surface area (Å²) in [4.78, 5) is 0.611. The Balaban J connectivity index is 2.53. The first-order chi connectivity index (χ1) is 9.08. The molecule has 0 saturated carbocycles. The van der Waals surface area contributed by atoms with E-state index in [1.54, 1.807) is 12.1 Å². The lowest BCUT2D eigenvalue weighted by molar-refractivity contribution is 0.300. The fourth-order valence-electron chi connectivity index (χ4n) is 1.66. The lowest BCUT2D eigenvalue weighted by Gasteiger charge is -2.11. The van der Waals surface area contributed by atoms with Crippen LogP contribution < -0.4 is 10.6 Å². The second-order valence-electron chi connectivity index (χ2n) is 4.07. The van der Waals surface area contributed by atoms with Gasteiger partial charge in [-0.25, -0.2) is 4.39 Å². The van der Waals surface area contributed by atoms with Crippen LogP contribution in [-0.2, 0) is 13.0 Å². The maximum absolute atomic E-state index is 14.0. The van der Waals surface area contributed by atoms with Crippen LogP contribution in [0.25, 0.3) is 0 Å². The molecule has 3 nitrogen and oxygen atoms in total. The molecule has 0 bridgehead atoms. The van der Waals surface area contributed by atoms with Crippen molar-refractivity contribution in [2.75, 3.05) is 19.7 Å². The van der Waals surface area contributed by atoms with E-state index in [1.165, 1.54) is 0 Å². The average Bonchev–Trinajstić information content (AvgIpc) is 2.39. The van der Waals surface area contributed by atoms with Gasteiger partial charge in [0.05, 0.1) is 11.6 Å². The fraction of sp³-hybridized carbons (Fsp3) is 0.462. The van der Waals surface area contributed by atoms with Crippen LogP contribution in [0.1, 0.15) is 18.1 Å². The Morgan fingerprint density at radius 3 is 2.74 bits per heavy atom. The third kappa shape index (κ3) is 5.52. The van der Waals surface area contributed by atoms with Gasteiger partial charge in [0.1, 0.15) is 5.82 Å². The van der Waals surface area contributed by atoms with Crippen molar-refractivity contribution >= 4 is 33.1 Å². The topological polar surface area (TPSA) is 44.3 Å². The van der Waals surface area contributed by atoms with Gasteiger partial charge >= 0.3 is 0 Å². The number of benzene rings is 1. The minimum absolute atomic E-state index is 0.0419. The van der Waals surface area contributed by atoms with E-state index >= 15 is 0 Å².